The van der Waals surface area contributed by atoms with Crippen LogP contribution in [-0.2, 0) is 20.5 Å². The van der Waals surface area contributed by atoms with Gasteiger partial charge in [-0.05, 0) is 54.8 Å². The lowest BCUT2D eigenvalue weighted by atomic mass is 10.1. The van der Waals surface area contributed by atoms with E-state index in [-0.39, 0.29) is 5.56 Å². The first kappa shape index (κ1) is 21.5. The first-order valence-corrected chi connectivity index (χ1v) is 8.53. The highest BCUT2D eigenvalue weighted by Gasteiger charge is 2.30. The van der Waals surface area contributed by atoms with Crippen LogP contribution < -0.4 is 5.32 Å². The van der Waals surface area contributed by atoms with E-state index >= 15 is 0 Å². The van der Waals surface area contributed by atoms with Crippen LogP contribution in [0.15, 0.2) is 42.5 Å². The second-order valence-corrected chi connectivity index (χ2v) is 6.46. The SMILES string of the molecule is Cc1cc(C)c(NC(=O)COC(=O)/C=C/c2cccc(C(F)(F)F)c2)c(Cl)c1. The molecule has 0 saturated carbocycles. The van der Waals surface area contributed by atoms with Gasteiger partial charge in [0.2, 0.25) is 0 Å². The highest BCUT2D eigenvalue weighted by Crippen LogP contribution is 2.30. The van der Waals surface area contributed by atoms with Crippen molar-refractivity contribution >= 4 is 35.2 Å². The summed E-state index contributed by atoms with van der Waals surface area (Å²) in [5.74, 6) is -1.45. The lowest BCUT2D eigenvalue weighted by Gasteiger charge is -2.11. The molecule has 28 heavy (non-hydrogen) atoms. The largest absolute Gasteiger partial charge is 0.452 e. The highest BCUT2D eigenvalue weighted by atomic mass is 35.5. The van der Waals surface area contributed by atoms with Gasteiger partial charge in [0.15, 0.2) is 6.61 Å². The molecule has 0 heterocycles. The van der Waals surface area contributed by atoms with Crippen LogP contribution in [-0.4, -0.2) is 18.5 Å². The Morgan fingerprint density at radius 1 is 1.18 bits per heavy atom. The zero-order chi connectivity index (χ0) is 20.9. The molecule has 8 heteroatoms. The summed E-state index contributed by atoms with van der Waals surface area (Å²) in [6.07, 6.45) is -2.35. The number of amides is 1. The van der Waals surface area contributed by atoms with Gasteiger partial charge in [0.1, 0.15) is 0 Å². The summed E-state index contributed by atoms with van der Waals surface area (Å²) in [6.45, 7) is 3.08. The zero-order valence-electron chi connectivity index (χ0n) is 15.1. The lowest BCUT2D eigenvalue weighted by molar-refractivity contribution is -0.142. The van der Waals surface area contributed by atoms with E-state index < -0.39 is 30.2 Å². The fourth-order valence-corrected chi connectivity index (χ4v) is 2.79. The van der Waals surface area contributed by atoms with Crippen LogP contribution in [0.25, 0.3) is 6.08 Å². The molecule has 2 rings (SSSR count). The van der Waals surface area contributed by atoms with Gasteiger partial charge in [-0.3, -0.25) is 4.79 Å². The molecule has 0 aliphatic rings. The summed E-state index contributed by atoms with van der Waals surface area (Å²) < 4.78 is 42.8. The van der Waals surface area contributed by atoms with Crippen molar-refractivity contribution in [2.75, 3.05) is 11.9 Å². The molecule has 4 nitrogen and oxygen atoms in total. The van der Waals surface area contributed by atoms with Crippen molar-refractivity contribution in [1.29, 1.82) is 0 Å². The molecular formula is C20H17ClF3NO3. The van der Waals surface area contributed by atoms with Gasteiger partial charge in [-0.1, -0.05) is 29.8 Å². The molecule has 2 aromatic rings. The molecule has 1 N–H and O–H groups in total. The van der Waals surface area contributed by atoms with E-state index in [1.165, 1.54) is 18.2 Å². The number of carbonyl (C=O) groups excluding carboxylic acids is 2. The Hall–Kier alpha value is -2.80. The summed E-state index contributed by atoms with van der Waals surface area (Å²) in [7, 11) is 0. The molecule has 0 unspecified atom stereocenters. The van der Waals surface area contributed by atoms with Crippen LogP contribution in [0.2, 0.25) is 5.02 Å². The lowest BCUT2D eigenvalue weighted by Crippen LogP contribution is -2.20. The number of hydrogen-bond acceptors (Lipinski definition) is 3. The number of ether oxygens (including phenoxy) is 1. The number of anilines is 1. The standard InChI is InChI=1S/C20H17ClF3NO3/c1-12-8-13(2)19(16(21)9-12)25-17(26)11-28-18(27)7-6-14-4-3-5-15(10-14)20(22,23)24/h3-10H,11H2,1-2H3,(H,25,26)/b7-6+. The maximum atomic E-state index is 12.7. The summed E-state index contributed by atoms with van der Waals surface area (Å²) in [5, 5.41) is 2.92. The van der Waals surface area contributed by atoms with Crippen molar-refractivity contribution in [1.82, 2.24) is 0 Å². The number of esters is 1. The van der Waals surface area contributed by atoms with Gasteiger partial charge < -0.3 is 10.1 Å². The minimum atomic E-state index is -4.47. The Morgan fingerprint density at radius 3 is 2.54 bits per heavy atom. The minimum Gasteiger partial charge on any atom is -0.452 e. The molecule has 0 aliphatic heterocycles. The summed E-state index contributed by atoms with van der Waals surface area (Å²) in [5.41, 5.74) is 1.47. The zero-order valence-corrected chi connectivity index (χ0v) is 15.8. The Kier molecular flexibility index (Phi) is 6.85. The Balaban J connectivity index is 1.92. The number of hydrogen-bond donors (Lipinski definition) is 1. The average Bonchev–Trinajstić information content (AvgIpc) is 2.60. The molecule has 0 radical (unpaired) electrons. The molecule has 0 atom stereocenters. The number of alkyl halides is 3. The predicted molar refractivity (Wildman–Crippen MR) is 101 cm³/mol. The first-order chi connectivity index (χ1) is 13.1. The predicted octanol–water partition coefficient (Wildman–Crippen LogP) is 5.17. The molecule has 0 aromatic heterocycles. The van der Waals surface area contributed by atoms with Crippen molar-refractivity contribution in [2.24, 2.45) is 0 Å². The number of carbonyl (C=O) groups is 2. The van der Waals surface area contributed by atoms with Crippen LogP contribution in [0.1, 0.15) is 22.3 Å². The maximum absolute atomic E-state index is 12.7. The molecule has 0 saturated heterocycles. The van der Waals surface area contributed by atoms with Gasteiger partial charge in [0.25, 0.3) is 5.91 Å². The molecule has 148 valence electrons. The van der Waals surface area contributed by atoms with Gasteiger partial charge in [0.05, 0.1) is 16.3 Å². The second kappa shape index (κ2) is 8.93. The van der Waals surface area contributed by atoms with E-state index in [1.54, 1.807) is 13.0 Å². The number of rotatable bonds is 5. The van der Waals surface area contributed by atoms with Crippen molar-refractivity contribution in [3.05, 3.63) is 69.8 Å². The van der Waals surface area contributed by atoms with Crippen molar-refractivity contribution in [3.8, 4) is 0 Å². The van der Waals surface area contributed by atoms with Crippen molar-refractivity contribution < 1.29 is 27.5 Å². The number of aryl methyl sites for hydroxylation is 2. The van der Waals surface area contributed by atoms with Crippen LogP contribution in [0.4, 0.5) is 18.9 Å². The van der Waals surface area contributed by atoms with Crippen LogP contribution >= 0.6 is 11.6 Å². The average molecular weight is 412 g/mol. The minimum absolute atomic E-state index is 0.179. The van der Waals surface area contributed by atoms with Gasteiger partial charge in [0, 0.05) is 6.08 Å². The Labute approximate surface area is 165 Å². The van der Waals surface area contributed by atoms with E-state index in [1.807, 2.05) is 13.0 Å². The summed E-state index contributed by atoms with van der Waals surface area (Å²) in [6, 6.07) is 8.00. The van der Waals surface area contributed by atoms with Crippen molar-refractivity contribution in [3.63, 3.8) is 0 Å². The van der Waals surface area contributed by atoms with E-state index in [0.29, 0.717) is 10.7 Å². The number of benzene rings is 2. The normalized spacial score (nSPS) is 11.5. The molecule has 2 aromatic carbocycles. The Morgan fingerprint density at radius 2 is 1.89 bits per heavy atom. The number of halogens is 4. The first-order valence-electron chi connectivity index (χ1n) is 8.15. The molecular weight excluding hydrogens is 395 g/mol. The van der Waals surface area contributed by atoms with Crippen molar-refractivity contribution in [2.45, 2.75) is 20.0 Å². The van der Waals surface area contributed by atoms with Gasteiger partial charge in [-0.15, -0.1) is 0 Å². The number of nitrogens with one attached hydrogen (secondary N) is 1. The monoisotopic (exact) mass is 411 g/mol. The smallest absolute Gasteiger partial charge is 0.416 e. The topological polar surface area (TPSA) is 55.4 Å². The molecule has 0 spiro atoms. The third-order valence-electron chi connectivity index (χ3n) is 3.67. The third kappa shape index (κ3) is 6.13. The Bertz CT molecular complexity index is 900. The van der Waals surface area contributed by atoms with E-state index in [9.17, 15) is 22.8 Å². The fourth-order valence-electron chi connectivity index (χ4n) is 2.42. The second-order valence-electron chi connectivity index (χ2n) is 6.05. The van der Waals surface area contributed by atoms with Gasteiger partial charge >= 0.3 is 12.1 Å². The maximum Gasteiger partial charge on any atom is 0.416 e. The highest BCUT2D eigenvalue weighted by molar-refractivity contribution is 6.34. The molecule has 1 amide bonds. The quantitative estimate of drug-likeness (QED) is 0.545. The van der Waals surface area contributed by atoms with Gasteiger partial charge in [-0.25, -0.2) is 4.79 Å². The van der Waals surface area contributed by atoms with Crippen LogP contribution in [0, 0.1) is 13.8 Å². The molecule has 0 fully saturated rings. The van der Waals surface area contributed by atoms with E-state index in [0.717, 1.165) is 29.3 Å². The van der Waals surface area contributed by atoms with E-state index in [4.69, 9.17) is 16.3 Å². The van der Waals surface area contributed by atoms with Crippen LogP contribution in [0.5, 0.6) is 0 Å². The van der Waals surface area contributed by atoms with Crippen LogP contribution in [0.3, 0.4) is 0 Å². The third-order valence-corrected chi connectivity index (χ3v) is 3.97. The van der Waals surface area contributed by atoms with Gasteiger partial charge in [-0.2, -0.15) is 13.2 Å². The fraction of sp³-hybridized carbons (Fsp3) is 0.200. The molecule has 0 aliphatic carbocycles. The molecule has 0 bridgehead atoms. The van der Waals surface area contributed by atoms with E-state index in [2.05, 4.69) is 5.32 Å². The summed E-state index contributed by atoms with van der Waals surface area (Å²) in [4.78, 5) is 23.6. The summed E-state index contributed by atoms with van der Waals surface area (Å²) >= 11 is 6.09.